The summed E-state index contributed by atoms with van der Waals surface area (Å²) in [6, 6.07) is 42.7. The molecule has 0 saturated carbocycles. The summed E-state index contributed by atoms with van der Waals surface area (Å²) in [6.45, 7) is 6.34. The lowest BCUT2D eigenvalue weighted by Gasteiger charge is -2.08. The summed E-state index contributed by atoms with van der Waals surface area (Å²) in [6.07, 6.45) is 8.50. The monoisotopic (exact) mass is 715 g/mol. The number of rotatable bonds is 5. The van der Waals surface area contributed by atoms with Gasteiger partial charge in [-0.2, -0.15) is 0 Å². The molecule has 7 aromatic rings. The van der Waals surface area contributed by atoms with E-state index in [2.05, 4.69) is 164 Å². The number of fused-ring (bicyclic) bond motifs is 8. The van der Waals surface area contributed by atoms with Crippen LogP contribution < -0.4 is 5.73 Å². The van der Waals surface area contributed by atoms with Crippen molar-refractivity contribution in [3.05, 3.63) is 166 Å². The third kappa shape index (κ3) is 6.06. The van der Waals surface area contributed by atoms with Gasteiger partial charge < -0.3 is 15.7 Å². The molecular formula is C48H37N5S. The smallest absolute Gasteiger partial charge is 0.103 e. The van der Waals surface area contributed by atoms with Crippen LogP contribution in [0.5, 0.6) is 0 Å². The largest absolute Gasteiger partial charge is 0.389 e. The summed E-state index contributed by atoms with van der Waals surface area (Å²) in [5, 5.41) is 0. The first-order valence-electron chi connectivity index (χ1n) is 18.1. The molecule has 0 atom stereocenters. The number of H-pyrrole nitrogens is 2. The quantitative estimate of drug-likeness (QED) is 0.155. The van der Waals surface area contributed by atoms with Gasteiger partial charge in [0.25, 0.3) is 0 Å². The number of thiocarbonyl (C=S) groups is 1. The van der Waals surface area contributed by atoms with E-state index in [0.29, 0.717) is 4.99 Å². The molecule has 0 unspecified atom stereocenters. The van der Waals surface area contributed by atoms with Gasteiger partial charge >= 0.3 is 0 Å². The third-order valence-electron chi connectivity index (χ3n) is 10.2. The highest BCUT2D eigenvalue weighted by Gasteiger charge is 2.19. The van der Waals surface area contributed by atoms with Gasteiger partial charge in [-0.05, 0) is 91.6 Å². The van der Waals surface area contributed by atoms with Crippen LogP contribution in [0.4, 0.5) is 0 Å². The summed E-state index contributed by atoms with van der Waals surface area (Å²) < 4.78 is 0. The van der Waals surface area contributed by atoms with Gasteiger partial charge in [0.15, 0.2) is 0 Å². The Morgan fingerprint density at radius 1 is 0.407 bits per heavy atom. The van der Waals surface area contributed by atoms with Crippen molar-refractivity contribution < 1.29 is 0 Å². The van der Waals surface area contributed by atoms with Crippen LogP contribution in [0.2, 0.25) is 0 Å². The maximum atomic E-state index is 6.01. The normalized spacial score (nSPS) is 12.0. The molecular weight excluding hydrogens is 679 g/mol. The molecule has 4 N–H and O–H groups in total. The first-order chi connectivity index (χ1) is 26.3. The lowest BCUT2D eigenvalue weighted by atomic mass is 10.0. The fourth-order valence-corrected chi connectivity index (χ4v) is 7.52. The number of nitrogens with zero attached hydrogens (tertiary/aromatic N) is 2. The molecule has 0 spiro atoms. The lowest BCUT2D eigenvalue weighted by Crippen LogP contribution is -2.08. The third-order valence-corrected chi connectivity index (χ3v) is 10.5. The molecule has 5 heterocycles. The molecule has 3 aromatic heterocycles. The lowest BCUT2D eigenvalue weighted by molar-refractivity contribution is 1.31. The van der Waals surface area contributed by atoms with Gasteiger partial charge in [-0.1, -0.05) is 126 Å². The van der Waals surface area contributed by atoms with Crippen LogP contribution in [0.15, 0.2) is 121 Å². The molecule has 0 fully saturated rings. The number of benzene rings is 4. The van der Waals surface area contributed by atoms with Crippen LogP contribution >= 0.6 is 12.2 Å². The van der Waals surface area contributed by atoms with Gasteiger partial charge in [0.1, 0.15) is 4.99 Å². The van der Waals surface area contributed by atoms with E-state index in [1.54, 1.807) is 0 Å². The van der Waals surface area contributed by atoms with Crippen molar-refractivity contribution in [2.45, 2.75) is 20.8 Å². The van der Waals surface area contributed by atoms with Crippen LogP contribution in [0.3, 0.4) is 0 Å². The van der Waals surface area contributed by atoms with Crippen molar-refractivity contribution in [3.63, 3.8) is 0 Å². The van der Waals surface area contributed by atoms with Gasteiger partial charge in [-0.25, -0.2) is 9.97 Å². The first-order valence-corrected chi connectivity index (χ1v) is 18.5. The molecule has 0 radical (unpaired) electrons. The van der Waals surface area contributed by atoms with Crippen LogP contribution in [0.25, 0.3) is 90.9 Å². The van der Waals surface area contributed by atoms with Crippen molar-refractivity contribution in [1.29, 1.82) is 0 Å². The molecule has 6 heteroatoms. The predicted octanol–water partition coefficient (Wildman–Crippen LogP) is 11.9. The molecule has 2 aliphatic heterocycles. The zero-order valence-electron chi connectivity index (χ0n) is 30.2. The Hall–Kier alpha value is -6.63. The molecule has 2 aliphatic rings. The van der Waals surface area contributed by atoms with Crippen LogP contribution in [0.1, 0.15) is 45.0 Å². The second-order valence-electron chi connectivity index (χ2n) is 14.0. The Morgan fingerprint density at radius 2 is 0.667 bits per heavy atom. The maximum Gasteiger partial charge on any atom is 0.103 e. The van der Waals surface area contributed by atoms with Crippen molar-refractivity contribution in [1.82, 2.24) is 19.9 Å². The van der Waals surface area contributed by atoms with Crippen molar-refractivity contribution >= 4 is 63.6 Å². The van der Waals surface area contributed by atoms with Crippen molar-refractivity contribution in [2.75, 3.05) is 0 Å². The Balaban J connectivity index is 1.45. The number of aromatic amines is 2. The van der Waals surface area contributed by atoms with Crippen LogP contribution in [-0.4, -0.2) is 24.9 Å². The molecule has 5 nitrogen and oxygen atoms in total. The average Bonchev–Trinajstić information content (AvgIpc) is 4.02. The number of nitrogens with two attached hydrogens (primary N) is 1. The van der Waals surface area contributed by atoms with E-state index >= 15 is 0 Å². The number of aromatic nitrogens is 4. The number of aryl methyl sites for hydroxylation is 3. The Labute approximate surface area is 319 Å². The zero-order valence-corrected chi connectivity index (χ0v) is 31.1. The minimum atomic E-state index is 0.366. The summed E-state index contributed by atoms with van der Waals surface area (Å²) in [4.78, 5) is 18.8. The van der Waals surface area contributed by atoms with E-state index in [1.165, 1.54) is 16.7 Å². The van der Waals surface area contributed by atoms with Crippen LogP contribution in [-0.2, 0) is 0 Å². The highest BCUT2D eigenvalue weighted by molar-refractivity contribution is 7.80. The molecule has 0 saturated heterocycles. The van der Waals surface area contributed by atoms with E-state index in [4.69, 9.17) is 27.9 Å². The second kappa shape index (κ2) is 13.4. The van der Waals surface area contributed by atoms with Gasteiger partial charge in [0.2, 0.25) is 0 Å². The van der Waals surface area contributed by atoms with E-state index in [9.17, 15) is 0 Å². The molecule has 54 heavy (non-hydrogen) atoms. The topological polar surface area (TPSA) is 83.4 Å². The molecule has 4 aromatic carbocycles. The number of hydrogen-bond acceptors (Lipinski definition) is 3. The fourth-order valence-electron chi connectivity index (χ4n) is 7.38. The molecule has 9 rings (SSSR count). The summed E-state index contributed by atoms with van der Waals surface area (Å²) in [5.74, 6) is 0. The highest BCUT2D eigenvalue weighted by Crippen LogP contribution is 2.38. The number of hydrogen-bond donors (Lipinski definition) is 3. The summed E-state index contributed by atoms with van der Waals surface area (Å²) in [5.41, 5.74) is 26.0. The average molecular weight is 716 g/mol. The second-order valence-corrected chi connectivity index (χ2v) is 14.5. The predicted molar refractivity (Wildman–Crippen MR) is 231 cm³/mol. The Bertz CT molecular complexity index is 2790. The number of nitrogens with one attached hydrogen (secondary N) is 2. The maximum absolute atomic E-state index is 6.01. The highest BCUT2D eigenvalue weighted by atomic mass is 32.1. The van der Waals surface area contributed by atoms with E-state index in [0.717, 1.165) is 94.9 Å². The summed E-state index contributed by atoms with van der Waals surface area (Å²) >= 11 is 5.30. The van der Waals surface area contributed by atoms with Gasteiger partial charge in [0, 0.05) is 49.9 Å². The van der Waals surface area contributed by atoms with Crippen molar-refractivity contribution in [2.24, 2.45) is 5.73 Å². The van der Waals surface area contributed by atoms with Crippen molar-refractivity contribution in [3.8, 4) is 44.5 Å². The van der Waals surface area contributed by atoms with Gasteiger partial charge in [0.05, 0.1) is 22.8 Å². The van der Waals surface area contributed by atoms with E-state index < -0.39 is 0 Å². The molecule has 0 amide bonds. The molecule has 260 valence electrons. The standard InChI is InChI=1S/C48H37N5S/c1-28-4-10-31(11-5-28)44-36-20-22-38(50-36)45(32-12-6-29(2)7-13-32)40-24-26-42(52-40)47(34-16-18-35(19-17-34)48(49)54)43-27-25-41(53-43)46(39-23-21-37(44)51-39)33-14-8-30(3)9-15-33/h4-27,50,53H,1-3H3,(H2,49,54). The zero-order chi connectivity index (χ0) is 36.9. The van der Waals surface area contributed by atoms with E-state index in [1.807, 2.05) is 12.1 Å². The van der Waals surface area contributed by atoms with Crippen LogP contribution in [0, 0.1) is 20.8 Å². The minimum absolute atomic E-state index is 0.366. The Morgan fingerprint density at radius 3 is 0.926 bits per heavy atom. The Kier molecular flexibility index (Phi) is 8.25. The first kappa shape index (κ1) is 33.2. The molecule has 8 bridgehead atoms. The summed E-state index contributed by atoms with van der Waals surface area (Å²) in [7, 11) is 0. The SMILES string of the molecule is Cc1ccc(-c2c3nc(c(-c4ccc(C)cc4)c4ccc([nH]4)c(-c4ccc(C(N)=S)cc4)c4nc(c(-c5ccc(C)cc5)c5ccc2[nH]5)C=C4)C=C3)cc1. The minimum Gasteiger partial charge on any atom is -0.389 e. The van der Waals surface area contributed by atoms with Gasteiger partial charge in [-0.3, -0.25) is 0 Å². The van der Waals surface area contributed by atoms with Gasteiger partial charge in [-0.15, -0.1) is 0 Å². The fraction of sp³-hybridized carbons (Fsp3) is 0.0625. The van der Waals surface area contributed by atoms with E-state index in [-0.39, 0.29) is 0 Å². The molecule has 0 aliphatic carbocycles.